The fourth-order valence-corrected chi connectivity index (χ4v) is 5.47. The summed E-state index contributed by atoms with van der Waals surface area (Å²) in [6.45, 7) is 0.838. The first-order valence-corrected chi connectivity index (χ1v) is 10.9. The fourth-order valence-electron chi connectivity index (χ4n) is 4.21. The Balaban J connectivity index is 1.35. The molecule has 0 saturated carbocycles. The molecule has 1 N–H and O–H groups in total. The van der Waals surface area contributed by atoms with E-state index in [1.54, 1.807) is 33.1 Å². The molecule has 4 aromatic rings. The number of nitrogens with one attached hydrogen (secondary N) is 1. The molecule has 0 saturated heterocycles. The smallest absolute Gasteiger partial charge is 0.262 e. The maximum atomic E-state index is 13.4. The molecule has 1 unspecified atom stereocenters. The first-order valence-electron chi connectivity index (χ1n) is 10.1. The second kappa shape index (κ2) is 7.97. The Labute approximate surface area is 181 Å². The number of thiophene rings is 1. The largest absolute Gasteiger partial charge is 0.310 e. The molecule has 3 aromatic heterocycles. The van der Waals surface area contributed by atoms with E-state index in [-0.39, 0.29) is 11.6 Å². The molecule has 9 heteroatoms. The van der Waals surface area contributed by atoms with E-state index in [9.17, 15) is 13.6 Å². The third kappa shape index (κ3) is 4.03. The number of benzene rings is 1. The van der Waals surface area contributed by atoms with E-state index < -0.39 is 11.6 Å². The van der Waals surface area contributed by atoms with Gasteiger partial charge in [-0.15, -0.1) is 11.3 Å². The van der Waals surface area contributed by atoms with Gasteiger partial charge in [0.2, 0.25) is 0 Å². The minimum absolute atomic E-state index is 0.0204. The van der Waals surface area contributed by atoms with Crippen molar-refractivity contribution >= 4 is 21.6 Å². The summed E-state index contributed by atoms with van der Waals surface area (Å²) < 4.78 is 30.2. The number of fused-ring (bicyclic) bond motifs is 3. The summed E-state index contributed by atoms with van der Waals surface area (Å²) in [5.74, 6) is -1.14. The van der Waals surface area contributed by atoms with Crippen LogP contribution in [0.15, 0.2) is 41.7 Å². The van der Waals surface area contributed by atoms with Crippen LogP contribution in [0.25, 0.3) is 10.2 Å². The molecule has 0 spiro atoms. The highest BCUT2D eigenvalue weighted by Crippen LogP contribution is 2.33. The Morgan fingerprint density at radius 1 is 1.23 bits per heavy atom. The van der Waals surface area contributed by atoms with Gasteiger partial charge in [-0.25, -0.2) is 13.8 Å². The molecule has 1 aliphatic carbocycles. The normalized spacial score (nSPS) is 16.0. The van der Waals surface area contributed by atoms with Gasteiger partial charge in [0.15, 0.2) is 0 Å². The van der Waals surface area contributed by atoms with Gasteiger partial charge in [-0.2, -0.15) is 5.10 Å². The Kier molecular flexibility index (Phi) is 5.15. The monoisotopic (exact) mass is 441 g/mol. The minimum Gasteiger partial charge on any atom is -0.310 e. The summed E-state index contributed by atoms with van der Waals surface area (Å²) in [5.41, 5.74) is 2.60. The predicted octanol–water partition coefficient (Wildman–Crippen LogP) is 3.17. The van der Waals surface area contributed by atoms with Crippen LogP contribution < -0.4 is 10.9 Å². The highest BCUT2D eigenvalue weighted by molar-refractivity contribution is 7.18. The van der Waals surface area contributed by atoms with E-state index in [1.165, 1.54) is 12.1 Å². The molecule has 0 fully saturated rings. The molecular formula is C22H21F2N5OS. The second-order valence-corrected chi connectivity index (χ2v) is 9.07. The van der Waals surface area contributed by atoms with Crippen molar-refractivity contribution < 1.29 is 8.78 Å². The van der Waals surface area contributed by atoms with Crippen molar-refractivity contribution in [3.05, 3.63) is 80.5 Å². The Bertz CT molecular complexity index is 1310. The van der Waals surface area contributed by atoms with Crippen LogP contribution in [0.1, 0.15) is 28.0 Å². The topological polar surface area (TPSA) is 64.7 Å². The van der Waals surface area contributed by atoms with Gasteiger partial charge in [0, 0.05) is 42.3 Å². The average molecular weight is 442 g/mol. The van der Waals surface area contributed by atoms with Crippen molar-refractivity contribution in [1.29, 1.82) is 0 Å². The summed E-state index contributed by atoms with van der Waals surface area (Å²) in [4.78, 5) is 19.6. The van der Waals surface area contributed by atoms with Gasteiger partial charge in [-0.1, -0.05) is 0 Å². The van der Waals surface area contributed by atoms with Crippen molar-refractivity contribution in [1.82, 2.24) is 24.6 Å². The molecule has 0 radical (unpaired) electrons. The van der Waals surface area contributed by atoms with Gasteiger partial charge in [0.1, 0.15) is 16.5 Å². The molecule has 5 rings (SSSR count). The summed E-state index contributed by atoms with van der Waals surface area (Å²) in [6.07, 6.45) is 7.65. The maximum Gasteiger partial charge on any atom is 0.262 e. The summed E-state index contributed by atoms with van der Waals surface area (Å²) in [6, 6.07) is 3.75. The molecule has 0 amide bonds. The number of rotatable bonds is 5. The first kappa shape index (κ1) is 20.0. The Morgan fingerprint density at radius 2 is 2.03 bits per heavy atom. The van der Waals surface area contributed by atoms with Crippen LogP contribution in [-0.2, 0) is 33.0 Å². The lowest BCUT2D eigenvalue weighted by molar-refractivity contribution is 0.460. The lowest BCUT2D eigenvalue weighted by Gasteiger charge is -2.23. The summed E-state index contributed by atoms with van der Waals surface area (Å²) in [7, 11) is 1.85. The van der Waals surface area contributed by atoms with Crippen molar-refractivity contribution in [2.24, 2.45) is 7.05 Å². The molecule has 6 nitrogen and oxygen atoms in total. The van der Waals surface area contributed by atoms with E-state index in [0.717, 1.165) is 51.5 Å². The highest BCUT2D eigenvalue weighted by atomic mass is 32.1. The molecule has 0 aliphatic heterocycles. The zero-order valence-electron chi connectivity index (χ0n) is 16.9. The van der Waals surface area contributed by atoms with Gasteiger partial charge in [-0.05, 0) is 42.5 Å². The SMILES string of the molecule is Cn1cc(Cn2cnc3sc4c(c3c2=O)CCC(NCc2cc(F)cc(F)c2)C4)cn1. The number of aromatic nitrogens is 4. The number of nitrogens with zero attached hydrogens (tertiary/aromatic N) is 4. The van der Waals surface area contributed by atoms with Crippen molar-refractivity contribution in [2.75, 3.05) is 0 Å². The maximum absolute atomic E-state index is 13.4. The van der Waals surface area contributed by atoms with Crippen LogP contribution in [-0.4, -0.2) is 25.4 Å². The third-order valence-electron chi connectivity index (χ3n) is 5.66. The number of aryl methyl sites for hydroxylation is 2. The summed E-state index contributed by atoms with van der Waals surface area (Å²) in [5, 5.41) is 8.28. The molecule has 160 valence electrons. The fraction of sp³-hybridized carbons (Fsp3) is 0.318. The van der Waals surface area contributed by atoms with Crippen LogP contribution in [0.2, 0.25) is 0 Å². The highest BCUT2D eigenvalue weighted by Gasteiger charge is 2.25. The van der Waals surface area contributed by atoms with E-state index in [4.69, 9.17) is 0 Å². The lowest BCUT2D eigenvalue weighted by atomic mass is 9.93. The third-order valence-corrected chi connectivity index (χ3v) is 6.83. The van der Waals surface area contributed by atoms with E-state index in [2.05, 4.69) is 15.4 Å². The molecular weight excluding hydrogens is 420 g/mol. The van der Waals surface area contributed by atoms with Gasteiger partial charge < -0.3 is 5.32 Å². The average Bonchev–Trinajstić information content (AvgIpc) is 3.30. The number of hydrogen-bond donors (Lipinski definition) is 1. The molecule has 1 aliphatic rings. The van der Waals surface area contributed by atoms with Gasteiger partial charge >= 0.3 is 0 Å². The first-order chi connectivity index (χ1) is 15.0. The molecule has 1 atom stereocenters. The van der Waals surface area contributed by atoms with Crippen LogP contribution in [0.4, 0.5) is 8.78 Å². The Hall–Kier alpha value is -2.91. The van der Waals surface area contributed by atoms with Crippen LogP contribution in [0, 0.1) is 11.6 Å². The van der Waals surface area contributed by atoms with Crippen LogP contribution in [0.5, 0.6) is 0 Å². The second-order valence-electron chi connectivity index (χ2n) is 7.98. The molecule has 31 heavy (non-hydrogen) atoms. The van der Waals surface area contributed by atoms with Crippen LogP contribution >= 0.6 is 11.3 Å². The minimum atomic E-state index is -0.569. The van der Waals surface area contributed by atoms with E-state index >= 15 is 0 Å². The van der Waals surface area contributed by atoms with E-state index in [0.29, 0.717) is 18.7 Å². The number of halogens is 2. The molecule has 3 heterocycles. The van der Waals surface area contributed by atoms with Crippen molar-refractivity contribution in [3.63, 3.8) is 0 Å². The molecule has 1 aromatic carbocycles. The van der Waals surface area contributed by atoms with Crippen molar-refractivity contribution in [3.8, 4) is 0 Å². The summed E-state index contributed by atoms with van der Waals surface area (Å²) >= 11 is 1.56. The van der Waals surface area contributed by atoms with Gasteiger partial charge in [0.05, 0.1) is 24.5 Å². The number of hydrogen-bond acceptors (Lipinski definition) is 5. The van der Waals surface area contributed by atoms with Gasteiger partial charge in [0.25, 0.3) is 5.56 Å². The predicted molar refractivity (Wildman–Crippen MR) is 115 cm³/mol. The Morgan fingerprint density at radius 3 is 2.77 bits per heavy atom. The van der Waals surface area contributed by atoms with Crippen LogP contribution in [0.3, 0.4) is 0 Å². The molecule has 0 bridgehead atoms. The lowest BCUT2D eigenvalue weighted by Crippen LogP contribution is -2.34. The standard InChI is InChI=1S/C22H21F2N5OS/c1-28-10-14(9-27-28)11-29-12-26-21-20(22(29)30)18-3-2-17(7-19(18)31-21)25-8-13-4-15(23)6-16(24)5-13/h4-6,9-10,12,17,25H,2-3,7-8,11H2,1H3. The van der Waals surface area contributed by atoms with E-state index in [1.807, 2.05) is 13.2 Å². The van der Waals surface area contributed by atoms with Gasteiger partial charge in [-0.3, -0.25) is 14.0 Å². The quantitative estimate of drug-likeness (QED) is 0.517. The zero-order chi connectivity index (χ0) is 21.5. The van der Waals surface area contributed by atoms with Crippen molar-refractivity contribution in [2.45, 2.75) is 38.4 Å². The zero-order valence-corrected chi connectivity index (χ0v) is 17.8.